The van der Waals surface area contributed by atoms with E-state index in [0.717, 1.165) is 10.3 Å². The van der Waals surface area contributed by atoms with Crippen molar-refractivity contribution in [3.8, 4) is 11.1 Å². The number of hydrogen-bond acceptors (Lipinski definition) is 2. The van der Waals surface area contributed by atoms with Crippen molar-refractivity contribution in [3.63, 3.8) is 0 Å². The van der Waals surface area contributed by atoms with Crippen molar-refractivity contribution in [1.82, 2.24) is 4.40 Å². The van der Waals surface area contributed by atoms with E-state index in [0.29, 0.717) is 0 Å². The van der Waals surface area contributed by atoms with E-state index in [1.165, 1.54) is 37.8 Å². The summed E-state index contributed by atoms with van der Waals surface area (Å²) in [4.78, 5) is 4.94. The maximum absolute atomic E-state index is 3.65. The van der Waals surface area contributed by atoms with E-state index < -0.39 is 0 Å². The lowest BCUT2D eigenvalue weighted by Crippen LogP contribution is -2.17. The lowest BCUT2D eigenvalue weighted by atomic mass is 10.1. The Morgan fingerprint density at radius 2 is 1.37 bits per heavy atom. The highest BCUT2D eigenvalue weighted by atomic mass is 79.9. The van der Waals surface area contributed by atoms with Gasteiger partial charge in [-0.25, -0.2) is 0 Å². The van der Waals surface area contributed by atoms with E-state index in [1.54, 1.807) is 0 Å². The molecule has 0 N–H and O–H groups in total. The Bertz CT molecular complexity index is 1360. The highest BCUT2D eigenvalue weighted by Crippen LogP contribution is 2.53. The Morgan fingerprint density at radius 1 is 0.667 bits per heavy atom. The number of pyridine rings is 1. The number of fused-ring (bicyclic) bond motifs is 3. The van der Waals surface area contributed by atoms with Crippen molar-refractivity contribution in [2.45, 2.75) is 9.79 Å². The first-order valence-electron chi connectivity index (χ1n) is 9.82. The lowest BCUT2D eigenvalue weighted by molar-refractivity contribution is 1.08. The molecule has 1 aliphatic heterocycles. The van der Waals surface area contributed by atoms with Crippen molar-refractivity contribution in [1.29, 1.82) is 0 Å². The fourth-order valence-electron chi connectivity index (χ4n) is 4.14. The van der Waals surface area contributed by atoms with Gasteiger partial charge in [-0.05, 0) is 60.2 Å². The lowest BCUT2D eigenvalue weighted by Gasteiger charge is -2.33. The number of hydrogen-bond donors (Lipinski definition) is 0. The smallest absolute Gasteiger partial charge is 0.130 e. The SMILES string of the molecule is Brc1cccc(-c2cc3ccccn3c2N2c3ccccc3Sc3ccccc32)c1. The van der Waals surface area contributed by atoms with Crippen LogP contribution in [-0.4, -0.2) is 4.40 Å². The van der Waals surface area contributed by atoms with E-state index in [9.17, 15) is 0 Å². The summed E-state index contributed by atoms with van der Waals surface area (Å²) in [6, 6.07) is 34.5. The zero-order valence-electron chi connectivity index (χ0n) is 16.0. The van der Waals surface area contributed by atoms with Crippen LogP contribution >= 0.6 is 27.7 Å². The van der Waals surface area contributed by atoms with Gasteiger partial charge in [-0.2, -0.15) is 0 Å². The first kappa shape index (κ1) is 17.9. The summed E-state index contributed by atoms with van der Waals surface area (Å²) in [5.41, 5.74) is 5.99. The molecule has 144 valence electrons. The van der Waals surface area contributed by atoms with Crippen molar-refractivity contribution >= 4 is 50.4 Å². The van der Waals surface area contributed by atoms with E-state index in [1.807, 2.05) is 11.8 Å². The number of rotatable bonds is 2. The summed E-state index contributed by atoms with van der Waals surface area (Å²) in [5.74, 6) is 1.16. The maximum atomic E-state index is 3.65. The molecule has 30 heavy (non-hydrogen) atoms. The van der Waals surface area contributed by atoms with Gasteiger partial charge in [0.25, 0.3) is 0 Å². The third-order valence-corrected chi connectivity index (χ3v) is 7.06. The molecule has 0 radical (unpaired) electrons. The van der Waals surface area contributed by atoms with Crippen LogP contribution in [0, 0.1) is 0 Å². The molecule has 5 aromatic rings. The normalized spacial score (nSPS) is 12.6. The summed E-state index contributed by atoms with van der Waals surface area (Å²) in [6.45, 7) is 0. The van der Waals surface area contributed by atoms with Gasteiger partial charge in [-0.3, -0.25) is 4.90 Å². The molecule has 0 amide bonds. The number of para-hydroxylation sites is 2. The first-order chi connectivity index (χ1) is 14.8. The molecule has 0 spiro atoms. The molecule has 3 heterocycles. The summed E-state index contributed by atoms with van der Waals surface area (Å²) < 4.78 is 3.37. The third-order valence-electron chi connectivity index (χ3n) is 5.43. The van der Waals surface area contributed by atoms with E-state index >= 15 is 0 Å². The number of benzene rings is 3. The average Bonchev–Trinajstić information content (AvgIpc) is 3.17. The van der Waals surface area contributed by atoms with Gasteiger partial charge in [0.2, 0.25) is 0 Å². The van der Waals surface area contributed by atoms with Gasteiger partial charge in [0.05, 0.1) is 11.4 Å². The molecule has 0 bridgehead atoms. The van der Waals surface area contributed by atoms with Crippen LogP contribution in [-0.2, 0) is 0 Å². The second-order valence-corrected chi connectivity index (χ2v) is 9.26. The predicted octanol–water partition coefficient (Wildman–Crippen LogP) is 8.30. The topological polar surface area (TPSA) is 7.65 Å². The molecule has 2 aromatic heterocycles. The zero-order valence-corrected chi connectivity index (χ0v) is 18.4. The number of aromatic nitrogens is 1. The van der Waals surface area contributed by atoms with Crippen LogP contribution in [0.25, 0.3) is 16.6 Å². The van der Waals surface area contributed by atoms with Crippen LogP contribution in [0.15, 0.2) is 118 Å². The summed E-state index contributed by atoms with van der Waals surface area (Å²) >= 11 is 5.49. The van der Waals surface area contributed by atoms with Crippen LogP contribution < -0.4 is 4.90 Å². The predicted molar refractivity (Wildman–Crippen MR) is 129 cm³/mol. The molecule has 0 fully saturated rings. The van der Waals surface area contributed by atoms with Gasteiger partial charge in [0.1, 0.15) is 5.82 Å². The van der Waals surface area contributed by atoms with Crippen LogP contribution in [0.1, 0.15) is 0 Å². The number of anilines is 3. The van der Waals surface area contributed by atoms with Gasteiger partial charge in [-0.1, -0.05) is 70.2 Å². The molecule has 1 aliphatic rings. The maximum Gasteiger partial charge on any atom is 0.130 e. The second-order valence-electron chi connectivity index (χ2n) is 7.26. The van der Waals surface area contributed by atoms with Gasteiger partial charge in [0, 0.05) is 31.5 Å². The van der Waals surface area contributed by atoms with Crippen molar-refractivity contribution in [2.24, 2.45) is 0 Å². The minimum Gasteiger partial charge on any atom is -0.302 e. The van der Waals surface area contributed by atoms with Crippen LogP contribution in [0.4, 0.5) is 17.2 Å². The molecule has 0 saturated heterocycles. The Morgan fingerprint density at radius 3 is 2.10 bits per heavy atom. The Labute approximate surface area is 187 Å². The zero-order chi connectivity index (χ0) is 20.1. The molecule has 4 heteroatoms. The van der Waals surface area contributed by atoms with Gasteiger partial charge >= 0.3 is 0 Å². The summed E-state index contributed by atoms with van der Waals surface area (Å²) in [5, 5.41) is 0. The monoisotopic (exact) mass is 468 g/mol. The van der Waals surface area contributed by atoms with Crippen LogP contribution in [0.5, 0.6) is 0 Å². The summed E-state index contributed by atoms with van der Waals surface area (Å²) in [6.07, 6.45) is 2.15. The number of nitrogens with zero attached hydrogens (tertiary/aromatic N) is 2. The van der Waals surface area contributed by atoms with Gasteiger partial charge in [0.15, 0.2) is 0 Å². The largest absolute Gasteiger partial charge is 0.302 e. The van der Waals surface area contributed by atoms with Gasteiger partial charge < -0.3 is 4.40 Å². The van der Waals surface area contributed by atoms with Crippen LogP contribution in [0.2, 0.25) is 0 Å². The fourth-order valence-corrected chi connectivity index (χ4v) is 5.60. The molecule has 0 unspecified atom stereocenters. The average molecular weight is 469 g/mol. The fraction of sp³-hybridized carbons (Fsp3) is 0. The molecule has 0 atom stereocenters. The van der Waals surface area contributed by atoms with E-state index in [-0.39, 0.29) is 0 Å². The molecule has 6 rings (SSSR count). The van der Waals surface area contributed by atoms with Crippen molar-refractivity contribution < 1.29 is 0 Å². The first-order valence-corrected chi connectivity index (χ1v) is 11.4. The van der Waals surface area contributed by atoms with E-state index in [4.69, 9.17) is 0 Å². The Kier molecular flexibility index (Phi) is 4.22. The summed E-state index contributed by atoms with van der Waals surface area (Å²) in [7, 11) is 0. The molecule has 3 aromatic carbocycles. The highest BCUT2D eigenvalue weighted by Gasteiger charge is 2.28. The Hall–Kier alpha value is -2.95. The molecular formula is C26H17BrN2S. The number of halogens is 1. The molecule has 0 saturated carbocycles. The van der Waals surface area contributed by atoms with E-state index in [2.05, 4.69) is 128 Å². The molecule has 2 nitrogen and oxygen atoms in total. The standard InChI is InChI=1S/C26H17BrN2S/c27-19-9-7-8-18(16-19)21-17-20-10-5-6-15-28(20)26(21)29-22-11-1-3-13-24(22)30-25-14-4-2-12-23(25)29/h1-17H. The minimum absolute atomic E-state index is 1.08. The second kappa shape index (κ2) is 7.08. The van der Waals surface area contributed by atoms with Crippen molar-refractivity contribution in [2.75, 3.05) is 4.90 Å². The Balaban J connectivity index is 1.71. The quantitative estimate of drug-likeness (QED) is 0.252. The van der Waals surface area contributed by atoms with Crippen LogP contribution in [0.3, 0.4) is 0 Å². The van der Waals surface area contributed by atoms with Crippen molar-refractivity contribution in [3.05, 3.63) is 108 Å². The highest BCUT2D eigenvalue weighted by molar-refractivity contribution is 9.10. The van der Waals surface area contributed by atoms with Gasteiger partial charge in [-0.15, -0.1) is 0 Å². The molecular weight excluding hydrogens is 452 g/mol. The minimum atomic E-state index is 1.08. The third kappa shape index (κ3) is 2.79. The molecule has 0 aliphatic carbocycles.